The maximum Gasteiger partial charge on any atom is 0.412 e. The molecule has 0 saturated heterocycles. The summed E-state index contributed by atoms with van der Waals surface area (Å²) >= 11 is 0. The lowest BCUT2D eigenvalue weighted by Crippen LogP contribution is -2.19. The topological polar surface area (TPSA) is 46.5 Å². The van der Waals surface area contributed by atoms with Gasteiger partial charge in [0.15, 0.2) is 0 Å². The molecule has 0 heterocycles. The van der Waals surface area contributed by atoms with E-state index in [0.29, 0.717) is 24.0 Å². The standard InChI is InChI=1S/C16H15F3O3/c1-2-22-14-5-3-4-10(9-14)11-6-12(15(20)21)8-13(7-11)16(17,18)19/h3-6,8-9,11H,2,7H2,1H3,(H,20,21). The highest BCUT2D eigenvalue weighted by Gasteiger charge is 2.37. The average Bonchev–Trinajstić information content (AvgIpc) is 2.46. The number of ether oxygens (including phenoxy) is 1. The van der Waals surface area contributed by atoms with Crippen molar-refractivity contribution in [1.29, 1.82) is 0 Å². The van der Waals surface area contributed by atoms with Crippen LogP contribution in [0, 0.1) is 0 Å². The zero-order valence-corrected chi connectivity index (χ0v) is 11.9. The fourth-order valence-electron chi connectivity index (χ4n) is 2.35. The molecule has 0 radical (unpaired) electrons. The molecular weight excluding hydrogens is 297 g/mol. The van der Waals surface area contributed by atoms with Crippen molar-refractivity contribution in [3.63, 3.8) is 0 Å². The van der Waals surface area contributed by atoms with Crippen LogP contribution >= 0.6 is 0 Å². The molecule has 1 aromatic carbocycles. The fourth-order valence-corrected chi connectivity index (χ4v) is 2.35. The molecule has 22 heavy (non-hydrogen) atoms. The summed E-state index contributed by atoms with van der Waals surface area (Å²) in [5, 5.41) is 9.02. The highest BCUT2D eigenvalue weighted by molar-refractivity contribution is 5.90. The second-order valence-corrected chi connectivity index (χ2v) is 4.91. The van der Waals surface area contributed by atoms with Gasteiger partial charge in [-0.1, -0.05) is 18.2 Å². The van der Waals surface area contributed by atoms with Gasteiger partial charge in [-0.05, 0) is 37.1 Å². The molecule has 1 aliphatic rings. The van der Waals surface area contributed by atoms with Gasteiger partial charge in [0.05, 0.1) is 12.2 Å². The Morgan fingerprint density at radius 3 is 2.73 bits per heavy atom. The van der Waals surface area contributed by atoms with E-state index in [0.717, 1.165) is 0 Å². The molecule has 118 valence electrons. The van der Waals surface area contributed by atoms with Crippen LogP contribution < -0.4 is 4.74 Å². The molecule has 1 aliphatic carbocycles. The summed E-state index contributed by atoms with van der Waals surface area (Å²) in [7, 11) is 0. The Bertz CT molecular complexity index is 630. The van der Waals surface area contributed by atoms with E-state index in [4.69, 9.17) is 9.84 Å². The Hall–Kier alpha value is -2.24. The number of carboxylic acid groups (broad SMARTS) is 1. The molecule has 1 aromatic rings. The first-order valence-corrected chi connectivity index (χ1v) is 6.77. The summed E-state index contributed by atoms with van der Waals surface area (Å²) in [6.45, 7) is 2.25. The molecule has 0 amide bonds. The van der Waals surface area contributed by atoms with Crippen LogP contribution in [0.2, 0.25) is 0 Å². The van der Waals surface area contributed by atoms with Gasteiger partial charge in [0.2, 0.25) is 0 Å². The van der Waals surface area contributed by atoms with Crippen molar-refractivity contribution >= 4 is 5.97 Å². The van der Waals surface area contributed by atoms with Crippen molar-refractivity contribution < 1.29 is 27.8 Å². The molecule has 1 atom stereocenters. The van der Waals surface area contributed by atoms with E-state index < -0.39 is 23.6 Å². The Balaban J connectivity index is 2.37. The fraction of sp³-hybridized carbons (Fsp3) is 0.312. The minimum Gasteiger partial charge on any atom is -0.494 e. The van der Waals surface area contributed by atoms with Gasteiger partial charge in [-0.2, -0.15) is 13.2 Å². The molecule has 0 aliphatic heterocycles. The molecule has 1 N–H and O–H groups in total. The minimum absolute atomic E-state index is 0.282. The van der Waals surface area contributed by atoms with Crippen molar-refractivity contribution in [2.45, 2.75) is 25.4 Å². The number of alkyl halides is 3. The maximum absolute atomic E-state index is 13.0. The third-order valence-electron chi connectivity index (χ3n) is 3.36. The minimum atomic E-state index is -4.54. The van der Waals surface area contributed by atoms with E-state index in [-0.39, 0.29) is 12.0 Å². The lowest BCUT2D eigenvalue weighted by molar-refractivity contribution is -0.132. The highest BCUT2D eigenvalue weighted by atomic mass is 19.4. The summed E-state index contributed by atoms with van der Waals surface area (Å²) in [6.07, 6.45) is -2.77. The van der Waals surface area contributed by atoms with Crippen LogP contribution in [0.3, 0.4) is 0 Å². The Morgan fingerprint density at radius 2 is 2.14 bits per heavy atom. The number of carbonyl (C=O) groups is 1. The number of aliphatic carboxylic acids is 1. The van der Waals surface area contributed by atoms with Crippen molar-refractivity contribution in [3.8, 4) is 5.75 Å². The van der Waals surface area contributed by atoms with Crippen LogP contribution in [-0.4, -0.2) is 23.9 Å². The van der Waals surface area contributed by atoms with Crippen molar-refractivity contribution in [1.82, 2.24) is 0 Å². The van der Waals surface area contributed by atoms with Gasteiger partial charge in [-0.15, -0.1) is 0 Å². The number of allylic oxidation sites excluding steroid dienone is 2. The van der Waals surface area contributed by atoms with Crippen LogP contribution in [0.1, 0.15) is 24.8 Å². The maximum atomic E-state index is 13.0. The third kappa shape index (κ3) is 3.69. The van der Waals surface area contributed by atoms with Gasteiger partial charge in [-0.3, -0.25) is 0 Å². The number of hydrogen-bond donors (Lipinski definition) is 1. The quantitative estimate of drug-likeness (QED) is 0.911. The summed E-state index contributed by atoms with van der Waals surface area (Å²) in [6, 6.07) is 6.70. The molecule has 0 aromatic heterocycles. The largest absolute Gasteiger partial charge is 0.494 e. The number of benzene rings is 1. The van der Waals surface area contributed by atoms with E-state index in [1.807, 2.05) is 0 Å². The monoisotopic (exact) mass is 312 g/mol. The predicted molar refractivity (Wildman–Crippen MR) is 74.8 cm³/mol. The summed E-state index contributed by atoms with van der Waals surface area (Å²) < 4.78 is 44.2. The molecule has 0 bridgehead atoms. The first-order valence-electron chi connectivity index (χ1n) is 6.77. The van der Waals surface area contributed by atoms with Crippen LogP contribution in [0.25, 0.3) is 0 Å². The first-order chi connectivity index (χ1) is 10.3. The first kappa shape index (κ1) is 16.1. The van der Waals surface area contributed by atoms with Crippen LogP contribution in [0.15, 0.2) is 47.6 Å². The summed E-state index contributed by atoms with van der Waals surface area (Å²) in [4.78, 5) is 11.1. The second-order valence-electron chi connectivity index (χ2n) is 4.91. The summed E-state index contributed by atoms with van der Waals surface area (Å²) in [5.41, 5.74) is -0.579. The molecule has 0 saturated carbocycles. The lowest BCUT2D eigenvalue weighted by atomic mass is 9.85. The summed E-state index contributed by atoms with van der Waals surface area (Å²) in [5.74, 6) is -1.46. The van der Waals surface area contributed by atoms with Crippen molar-refractivity contribution in [2.24, 2.45) is 0 Å². The predicted octanol–water partition coefficient (Wildman–Crippen LogP) is 4.07. The van der Waals surface area contributed by atoms with E-state index in [1.54, 1.807) is 31.2 Å². The van der Waals surface area contributed by atoms with Gasteiger partial charge >= 0.3 is 12.1 Å². The Labute approximate surface area is 125 Å². The molecular formula is C16H15F3O3. The lowest BCUT2D eigenvalue weighted by Gasteiger charge is -2.23. The van der Waals surface area contributed by atoms with Crippen molar-refractivity contribution in [2.75, 3.05) is 6.61 Å². The zero-order valence-electron chi connectivity index (χ0n) is 11.9. The Morgan fingerprint density at radius 1 is 1.41 bits per heavy atom. The third-order valence-corrected chi connectivity index (χ3v) is 3.36. The highest BCUT2D eigenvalue weighted by Crippen LogP contribution is 2.39. The van der Waals surface area contributed by atoms with Gasteiger partial charge in [0.1, 0.15) is 5.75 Å². The SMILES string of the molecule is CCOc1cccc(C2C=C(C(=O)O)C=C(C(F)(F)F)C2)c1. The Kier molecular flexibility index (Phi) is 4.59. The molecule has 2 rings (SSSR count). The number of hydrogen-bond acceptors (Lipinski definition) is 2. The van der Waals surface area contributed by atoms with Crippen LogP contribution in [0.4, 0.5) is 13.2 Å². The normalized spacial score (nSPS) is 18.5. The van der Waals surface area contributed by atoms with Gasteiger partial charge in [0, 0.05) is 11.5 Å². The van der Waals surface area contributed by atoms with Gasteiger partial charge in [0.25, 0.3) is 0 Å². The van der Waals surface area contributed by atoms with Crippen molar-refractivity contribution in [3.05, 3.63) is 53.1 Å². The van der Waals surface area contributed by atoms with Gasteiger partial charge in [-0.25, -0.2) is 4.79 Å². The van der Waals surface area contributed by atoms with E-state index in [2.05, 4.69) is 0 Å². The molecule has 1 unspecified atom stereocenters. The van der Waals surface area contributed by atoms with Crippen LogP contribution in [0.5, 0.6) is 5.75 Å². The number of rotatable bonds is 4. The van der Waals surface area contributed by atoms with Gasteiger partial charge < -0.3 is 9.84 Å². The second kappa shape index (κ2) is 6.25. The number of halogens is 3. The molecule has 0 spiro atoms. The number of carboxylic acids is 1. The molecule has 6 heteroatoms. The molecule has 3 nitrogen and oxygen atoms in total. The van der Waals surface area contributed by atoms with E-state index in [1.165, 1.54) is 6.08 Å². The average molecular weight is 312 g/mol. The van der Waals surface area contributed by atoms with Crippen LogP contribution in [-0.2, 0) is 4.79 Å². The van der Waals surface area contributed by atoms with E-state index in [9.17, 15) is 18.0 Å². The van der Waals surface area contributed by atoms with E-state index >= 15 is 0 Å². The smallest absolute Gasteiger partial charge is 0.412 e. The molecule has 0 fully saturated rings. The zero-order chi connectivity index (χ0) is 16.3.